The van der Waals surface area contributed by atoms with Crippen molar-refractivity contribution >= 4 is 11.8 Å². The average molecular weight is 312 g/mol. The first-order chi connectivity index (χ1) is 10.5. The molecule has 2 atom stereocenters. The van der Waals surface area contributed by atoms with Crippen LogP contribution in [0.15, 0.2) is 0 Å². The summed E-state index contributed by atoms with van der Waals surface area (Å²) in [5.41, 5.74) is 0.336. The van der Waals surface area contributed by atoms with Gasteiger partial charge in [-0.1, -0.05) is 13.8 Å². The van der Waals surface area contributed by atoms with Gasteiger partial charge in [0.2, 0.25) is 11.8 Å². The molecule has 2 bridgehead atoms. The van der Waals surface area contributed by atoms with Crippen molar-refractivity contribution in [1.29, 1.82) is 0 Å². The number of ether oxygens (including phenoxy) is 1. The average Bonchev–Trinajstić information content (AvgIpc) is 3.12. The number of nitrogens with one attached hydrogen (secondary N) is 2. The second-order valence-corrected chi connectivity index (χ2v) is 6.46. The van der Waals surface area contributed by atoms with Gasteiger partial charge in [-0.2, -0.15) is 0 Å². The van der Waals surface area contributed by atoms with E-state index in [-0.39, 0.29) is 17.9 Å². The van der Waals surface area contributed by atoms with E-state index in [0.29, 0.717) is 12.0 Å². The van der Waals surface area contributed by atoms with E-state index in [1.807, 2.05) is 20.8 Å². The zero-order chi connectivity index (χ0) is 16.8. The molecule has 0 aromatic heterocycles. The van der Waals surface area contributed by atoms with Gasteiger partial charge < -0.3 is 15.4 Å². The lowest BCUT2D eigenvalue weighted by Crippen LogP contribution is -2.52. The van der Waals surface area contributed by atoms with E-state index >= 15 is 0 Å². The summed E-state index contributed by atoms with van der Waals surface area (Å²) in [4.78, 5) is 23.1. The van der Waals surface area contributed by atoms with Crippen molar-refractivity contribution in [2.24, 2.45) is 11.3 Å². The van der Waals surface area contributed by atoms with E-state index in [0.717, 1.165) is 5.92 Å². The molecular weight excluding hydrogens is 280 g/mol. The Morgan fingerprint density at radius 2 is 1.86 bits per heavy atom. The third-order valence-electron chi connectivity index (χ3n) is 4.90. The summed E-state index contributed by atoms with van der Waals surface area (Å²) in [5.74, 6) is 0.467. The maximum Gasteiger partial charge on any atom is 0.245 e. The van der Waals surface area contributed by atoms with E-state index in [1.165, 1.54) is 39.0 Å². The maximum atomic E-state index is 11.8. The summed E-state index contributed by atoms with van der Waals surface area (Å²) >= 11 is 0. The predicted molar refractivity (Wildman–Crippen MR) is 87.4 cm³/mol. The first kappa shape index (κ1) is 18.9. The van der Waals surface area contributed by atoms with E-state index in [4.69, 9.17) is 4.74 Å². The fraction of sp³-hybridized carbons (Fsp3) is 0.882. The molecule has 0 aromatic rings. The van der Waals surface area contributed by atoms with Gasteiger partial charge in [-0.15, -0.1) is 0 Å². The van der Waals surface area contributed by atoms with Gasteiger partial charge in [-0.25, -0.2) is 0 Å². The number of likely N-dealkylation sites (N-methyl/N-ethyl adjacent to an activating group) is 1. The normalized spacial score (nSPS) is 28.3. The van der Waals surface area contributed by atoms with Crippen LogP contribution >= 0.6 is 0 Å². The molecule has 0 heterocycles. The smallest absolute Gasteiger partial charge is 0.245 e. The second kappa shape index (κ2) is 8.51. The molecule has 2 aliphatic carbocycles. The van der Waals surface area contributed by atoms with Gasteiger partial charge in [0.05, 0.1) is 12.7 Å². The minimum atomic E-state index is -0.618. The number of hydrogen-bond donors (Lipinski definition) is 2. The molecule has 0 spiro atoms. The quantitative estimate of drug-likeness (QED) is 0.790. The molecule has 5 nitrogen and oxygen atoms in total. The number of carbonyl (C=O) groups excluding carboxylic acids is 2. The Kier molecular flexibility index (Phi) is 7.33. The second-order valence-electron chi connectivity index (χ2n) is 6.46. The zero-order valence-corrected chi connectivity index (χ0v) is 14.7. The first-order valence-electron chi connectivity index (χ1n) is 8.56. The molecule has 128 valence electrons. The van der Waals surface area contributed by atoms with Crippen LogP contribution < -0.4 is 10.6 Å². The van der Waals surface area contributed by atoms with Crippen molar-refractivity contribution in [3.05, 3.63) is 0 Å². The molecule has 5 heteroatoms. The third kappa shape index (κ3) is 4.70. The molecule has 2 unspecified atom stereocenters. The fourth-order valence-corrected chi connectivity index (χ4v) is 3.69. The van der Waals surface area contributed by atoms with Crippen LogP contribution in [0, 0.1) is 11.3 Å². The van der Waals surface area contributed by atoms with E-state index in [1.54, 1.807) is 7.05 Å². The number of hydrogen-bond acceptors (Lipinski definition) is 3. The molecule has 22 heavy (non-hydrogen) atoms. The summed E-state index contributed by atoms with van der Waals surface area (Å²) in [6.07, 6.45) is 6.09. The largest absolute Gasteiger partial charge is 0.375 e. The minimum Gasteiger partial charge on any atom is -0.375 e. The van der Waals surface area contributed by atoms with Crippen molar-refractivity contribution in [1.82, 2.24) is 10.6 Å². The highest BCUT2D eigenvalue weighted by atomic mass is 16.5. The van der Waals surface area contributed by atoms with Gasteiger partial charge >= 0.3 is 0 Å². The first-order valence-corrected chi connectivity index (χ1v) is 8.56. The van der Waals surface area contributed by atoms with Gasteiger partial charge in [-0.3, -0.25) is 9.59 Å². The predicted octanol–water partition coefficient (Wildman–Crippen LogP) is 2.25. The van der Waals surface area contributed by atoms with Crippen LogP contribution in [0.4, 0.5) is 0 Å². The van der Waals surface area contributed by atoms with Crippen LogP contribution in [-0.4, -0.2) is 37.6 Å². The number of fused-ring (bicyclic) bond motifs is 2. The van der Waals surface area contributed by atoms with Crippen molar-refractivity contribution < 1.29 is 14.3 Å². The number of amides is 2. The lowest BCUT2D eigenvalue weighted by molar-refractivity contribution is -0.132. The summed E-state index contributed by atoms with van der Waals surface area (Å²) in [6.45, 7) is 7.98. The molecule has 0 aliphatic heterocycles. The molecular formula is C17H32N2O3. The molecule has 2 N–H and O–H groups in total. The molecule has 2 rings (SSSR count). The SMILES string of the molecule is CC.CNC(=O)C(NC(C)=O)C(C)OCC12CCC(CC1)C2. The highest BCUT2D eigenvalue weighted by Crippen LogP contribution is 2.54. The van der Waals surface area contributed by atoms with E-state index < -0.39 is 6.04 Å². The Bertz CT molecular complexity index is 376. The number of carbonyl (C=O) groups is 2. The monoisotopic (exact) mass is 312 g/mol. The molecule has 0 aromatic carbocycles. The van der Waals surface area contributed by atoms with Gasteiger partial charge in [0, 0.05) is 14.0 Å². The summed E-state index contributed by atoms with van der Waals surface area (Å²) in [6, 6.07) is -0.618. The maximum absolute atomic E-state index is 11.8. The molecule has 0 radical (unpaired) electrons. The summed E-state index contributed by atoms with van der Waals surface area (Å²) in [5, 5.41) is 5.25. The highest BCUT2D eigenvalue weighted by Gasteiger charge is 2.45. The highest BCUT2D eigenvalue weighted by molar-refractivity contribution is 5.87. The Morgan fingerprint density at radius 3 is 2.27 bits per heavy atom. The molecule has 2 aliphatic rings. The Hall–Kier alpha value is -1.10. The minimum absolute atomic E-state index is 0.207. The van der Waals surface area contributed by atoms with Crippen molar-refractivity contribution in [2.75, 3.05) is 13.7 Å². The van der Waals surface area contributed by atoms with Crippen molar-refractivity contribution in [2.45, 2.75) is 71.9 Å². The third-order valence-corrected chi connectivity index (χ3v) is 4.90. The van der Waals surface area contributed by atoms with Gasteiger partial charge in [0.1, 0.15) is 6.04 Å². The van der Waals surface area contributed by atoms with Crippen molar-refractivity contribution in [3.63, 3.8) is 0 Å². The lowest BCUT2D eigenvalue weighted by atomic mass is 9.85. The van der Waals surface area contributed by atoms with Crippen LogP contribution in [-0.2, 0) is 14.3 Å². The van der Waals surface area contributed by atoms with Crippen molar-refractivity contribution in [3.8, 4) is 0 Å². The molecule has 2 fully saturated rings. The van der Waals surface area contributed by atoms with Gasteiger partial charge in [0.25, 0.3) is 0 Å². The fourth-order valence-electron chi connectivity index (χ4n) is 3.69. The van der Waals surface area contributed by atoms with Crippen LogP contribution in [0.3, 0.4) is 0 Å². The molecule has 2 saturated carbocycles. The Labute approximate surface area is 134 Å². The summed E-state index contributed by atoms with van der Waals surface area (Å²) in [7, 11) is 1.57. The van der Waals surface area contributed by atoms with E-state index in [2.05, 4.69) is 10.6 Å². The van der Waals surface area contributed by atoms with Gasteiger partial charge in [0.15, 0.2) is 0 Å². The lowest BCUT2D eigenvalue weighted by Gasteiger charge is -2.30. The van der Waals surface area contributed by atoms with Crippen LogP contribution in [0.25, 0.3) is 0 Å². The van der Waals surface area contributed by atoms with E-state index in [9.17, 15) is 9.59 Å². The van der Waals surface area contributed by atoms with Crippen LogP contribution in [0.5, 0.6) is 0 Å². The van der Waals surface area contributed by atoms with Crippen LogP contribution in [0.2, 0.25) is 0 Å². The topological polar surface area (TPSA) is 67.4 Å². The van der Waals surface area contributed by atoms with Gasteiger partial charge in [-0.05, 0) is 50.4 Å². The Balaban J connectivity index is 0.00000116. The standard InChI is InChI=1S/C15H26N2O3.C2H6/c1-10(13(14(19)16-3)17-11(2)18)20-9-15-6-4-12(8-15)5-7-15;1-2/h10,12-13H,4-9H2,1-3H3,(H,16,19)(H,17,18);1-2H3. The molecule has 2 amide bonds. The van der Waals surface area contributed by atoms with Crippen LogP contribution in [0.1, 0.15) is 59.8 Å². The zero-order valence-electron chi connectivity index (χ0n) is 14.7. The Morgan fingerprint density at radius 1 is 1.27 bits per heavy atom. The molecule has 0 saturated heterocycles. The summed E-state index contributed by atoms with van der Waals surface area (Å²) < 4.78 is 5.96. The number of rotatable bonds is 6.